The zero-order valence-corrected chi connectivity index (χ0v) is 15.9. The van der Waals surface area contributed by atoms with E-state index in [1.54, 1.807) is 4.57 Å². The van der Waals surface area contributed by atoms with E-state index in [1.807, 2.05) is 58.9 Å². The summed E-state index contributed by atoms with van der Waals surface area (Å²) in [7, 11) is 0. The van der Waals surface area contributed by atoms with E-state index in [1.165, 1.54) is 11.8 Å². The summed E-state index contributed by atoms with van der Waals surface area (Å²) in [5.74, 6) is 1.45. The molecule has 3 aromatic rings. The van der Waals surface area contributed by atoms with E-state index in [2.05, 4.69) is 10.1 Å². The SMILES string of the molecule is CC(C)c1noc(C(C)Sc2nc3ccccc3c(=O)n2C(C)C)n1. The van der Waals surface area contributed by atoms with Crippen molar-refractivity contribution in [2.75, 3.05) is 0 Å². The van der Waals surface area contributed by atoms with Crippen LogP contribution < -0.4 is 5.56 Å². The molecule has 0 fully saturated rings. The molecule has 25 heavy (non-hydrogen) atoms. The largest absolute Gasteiger partial charge is 0.338 e. The summed E-state index contributed by atoms with van der Waals surface area (Å²) in [4.78, 5) is 22.0. The fourth-order valence-electron chi connectivity index (χ4n) is 2.52. The van der Waals surface area contributed by atoms with Crippen molar-refractivity contribution < 1.29 is 4.52 Å². The Balaban J connectivity index is 2.02. The van der Waals surface area contributed by atoms with Gasteiger partial charge < -0.3 is 4.52 Å². The molecule has 3 rings (SSSR count). The van der Waals surface area contributed by atoms with Crippen molar-refractivity contribution in [3.05, 3.63) is 46.3 Å². The average Bonchev–Trinajstić information content (AvgIpc) is 3.05. The Hall–Kier alpha value is -2.15. The fourth-order valence-corrected chi connectivity index (χ4v) is 3.59. The van der Waals surface area contributed by atoms with Gasteiger partial charge in [0.2, 0.25) is 5.89 Å². The van der Waals surface area contributed by atoms with Crippen LogP contribution in [0.3, 0.4) is 0 Å². The number of hydrogen-bond donors (Lipinski definition) is 0. The summed E-state index contributed by atoms with van der Waals surface area (Å²) >= 11 is 1.46. The van der Waals surface area contributed by atoms with Crippen LogP contribution in [-0.2, 0) is 0 Å². The average molecular weight is 358 g/mol. The first kappa shape index (κ1) is 17.7. The second kappa shape index (κ2) is 7.00. The van der Waals surface area contributed by atoms with Gasteiger partial charge in [0, 0.05) is 12.0 Å². The lowest BCUT2D eigenvalue weighted by Crippen LogP contribution is -2.25. The molecule has 0 saturated heterocycles. The smallest absolute Gasteiger partial charge is 0.262 e. The predicted octanol–water partition coefficient (Wildman–Crippen LogP) is 4.34. The molecule has 7 heteroatoms. The molecule has 2 aromatic heterocycles. The highest BCUT2D eigenvalue weighted by molar-refractivity contribution is 7.99. The molecule has 0 aliphatic heterocycles. The third kappa shape index (κ3) is 3.46. The van der Waals surface area contributed by atoms with Crippen LogP contribution in [-0.4, -0.2) is 19.7 Å². The summed E-state index contributed by atoms with van der Waals surface area (Å²) in [6.45, 7) is 9.99. The van der Waals surface area contributed by atoms with E-state index in [4.69, 9.17) is 9.51 Å². The maximum Gasteiger partial charge on any atom is 0.262 e. The summed E-state index contributed by atoms with van der Waals surface area (Å²) in [5, 5.41) is 5.21. The van der Waals surface area contributed by atoms with Crippen LogP contribution >= 0.6 is 11.8 Å². The van der Waals surface area contributed by atoms with E-state index in [0.29, 0.717) is 27.8 Å². The van der Waals surface area contributed by atoms with E-state index in [0.717, 1.165) is 0 Å². The predicted molar refractivity (Wildman–Crippen MR) is 99.0 cm³/mol. The molecule has 132 valence electrons. The zero-order valence-electron chi connectivity index (χ0n) is 15.1. The quantitative estimate of drug-likeness (QED) is 0.499. The van der Waals surface area contributed by atoms with Gasteiger partial charge in [-0.05, 0) is 32.9 Å². The van der Waals surface area contributed by atoms with E-state index in [-0.39, 0.29) is 22.8 Å². The van der Waals surface area contributed by atoms with Crippen molar-refractivity contribution in [2.24, 2.45) is 0 Å². The molecule has 2 heterocycles. The molecule has 0 amide bonds. The normalized spacial score (nSPS) is 13.1. The highest BCUT2D eigenvalue weighted by Crippen LogP contribution is 2.34. The van der Waals surface area contributed by atoms with Gasteiger partial charge in [-0.1, -0.05) is 42.9 Å². The van der Waals surface area contributed by atoms with Gasteiger partial charge in [0.25, 0.3) is 5.56 Å². The minimum absolute atomic E-state index is 0.00761. The molecule has 0 bridgehead atoms. The lowest BCUT2D eigenvalue weighted by molar-refractivity contribution is 0.372. The second-order valence-corrected chi connectivity index (χ2v) is 7.89. The topological polar surface area (TPSA) is 73.8 Å². The van der Waals surface area contributed by atoms with E-state index in [9.17, 15) is 4.79 Å². The summed E-state index contributed by atoms with van der Waals surface area (Å²) in [6.07, 6.45) is 0. The van der Waals surface area contributed by atoms with Crippen LogP contribution in [0.1, 0.15) is 63.5 Å². The van der Waals surface area contributed by atoms with Crippen molar-refractivity contribution in [3.8, 4) is 0 Å². The van der Waals surface area contributed by atoms with Gasteiger partial charge in [0.05, 0.1) is 16.2 Å². The lowest BCUT2D eigenvalue weighted by atomic mass is 10.2. The van der Waals surface area contributed by atoms with Gasteiger partial charge in [-0.3, -0.25) is 9.36 Å². The maximum absolute atomic E-state index is 12.9. The Bertz CT molecular complexity index is 946. The number of thioether (sulfide) groups is 1. The number of para-hydroxylation sites is 1. The molecule has 0 radical (unpaired) electrons. The molecule has 6 nitrogen and oxygen atoms in total. The van der Waals surface area contributed by atoms with Crippen LogP contribution in [0.2, 0.25) is 0 Å². The van der Waals surface area contributed by atoms with Crippen molar-refractivity contribution in [1.29, 1.82) is 0 Å². The van der Waals surface area contributed by atoms with Crippen LogP contribution in [0.25, 0.3) is 10.9 Å². The number of aromatic nitrogens is 4. The summed E-state index contributed by atoms with van der Waals surface area (Å²) in [5.41, 5.74) is 0.677. The minimum atomic E-state index is -0.0990. The molecule has 1 aromatic carbocycles. The zero-order chi connectivity index (χ0) is 18.1. The molecular weight excluding hydrogens is 336 g/mol. The second-order valence-electron chi connectivity index (χ2n) is 6.59. The standard InChI is InChI=1S/C18H22N4O2S/c1-10(2)15-20-16(24-21-15)12(5)25-18-19-14-9-7-6-8-13(14)17(23)22(18)11(3)4/h6-12H,1-5H3. The highest BCUT2D eigenvalue weighted by atomic mass is 32.2. The van der Waals surface area contributed by atoms with Crippen molar-refractivity contribution >= 4 is 22.7 Å². The Morgan fingerprint density at radius 2 is 1.80 bits per heavy atom. The van der Waals surface area contributed by atoms with E-state index >= 15 is 0 Å². The highest BCUT2D eigenvalue weighted by Gasteiger charge is 2.21. The molecular formula is C18H22N4O2S. The monoisotopic (exact) mass is 358 g/mol. The van der Waals surface area contributed by atoms with Crippen molar-refractivity contribution in [2.45, 2.75) is 57.0 Å². The van der Waals surface area contributed by atoms with Crippen molar-refractivity contribution in [1.82, 2.24) is 19.7 Å². The number of fused-ring (bicyclic) bond motifs is 1. The third-order valence-corrected chi connectivity index (χ3v) is 4.95. The Morgan fingerprint density at radius 1 is 1.08 bits per heavy atom. The fraction of sp³-hybridized carbons (Fsp3) is 0.444. The van der Waals surface area contributed by atoms with Gasteiger partial charge in [0.15, 0.2) is 11.0 Å². The molecule has 0 saturated carbocycles. The first-order chi connectivity index (χ1) is 11.9. The first-order valence-corrected chi connectivity index (χ1v) is 9.28. The van der Waals surface area contributed by atoms with Crippen LogP contribution in [0.15, 0.2) is 38.7 Å². The number of rotatable bonds is 5. The van der Waals surface area contributed by atoms with E-state index < -0.39 is 0 Å². The summed E-state index contributed by atoms with van der Waals surface area (Å²) < 4.78 is 7.11. The number of benzene rings is 1. The van der Waals surface area contributed by atoms with Gasteiger partial charge in [-0.25, -0.2) is 4.98 Å². The summed E-state index contributed by atoms with van der Waals surface area (Å²) in [6, 6.07) is 7.43. The number of nitrogens with zero attached hydrogens (tertiary/aromatic N) is 4. The third-order valence-electron chi connectivity index (χ3n) is 3.90. The van der Waals surface area contributed by atoms with Gasteiger partial charge in [-0.2, -0.15) is 4.98 Å². The molecule has 1 unspecified atom stereocenters. The maximum atomic E-state index is 12.9. The minimum Gasteiger partial charge on any atom is -0.338 e. The van der Waals surface area contributed by atoms with Crippen LogP contribution in [0, 0.1) is 0 Å². The molecule has 1 atom stereocenters. The Morgan fingerprint density at radius 3 is 2.44 bits per heavy atom. The van der Waals surface area contributed by atoms with Gasteiger partial charge in [-0.15, -0.1) is 0 Å². The first-order valence-electron chi connectivity index (χ1n) is 8.40. The van der Waals surface area contributed by atoms with Crippen LogP contribution in [0.5, 0.6) is 0 Å². The Kier molecular flexibility index (Phi) is 4.94. The molecule has 0 aliphatic carbocycles. The van der Waals surface area contributed by atoms with Gasteiger partial charge in [0.1, 0.15) is 0 Å². The molecule has 0 aliphatic rings. The molecule has 0 spiro atoms. The lowest BCUT2D eigenvalue weighted by Gasteiger charge is -2.17. The van der Waals surface area contributed by atoms with Crippen molar-refractivity contribution in [3.63, 3.8) is 0 Å². The molecule has 0 N–H and O–H groups in total. The number of hydrogen-bond acceptors (Lipinski definition) is 6. The Labute approximate surface area is 150 Å². The van der Waals surface area contributed by atoms with Gasteiger partial charge >= 0.3 is 0 Å². The van der Waals surface area contributed by atoms with Crippen LogP contribution in [0.4, 0.5) is 0 Å².